The van der Waals surface area contributed by atoms with Crippen molar-refractivity contribution in [2.24, 2.45) is 0 Å². The second-order valence-electron chi connectivity index (χ2n) is 2.49. The normalized spacial score (nSPS) is 13.7. The van der Waals surface area contributed by atoms with Crippen molar-refractivity contribution in [2.45, 2.75) is 18.2 Å². The van der Waals surface area contributed by atoms with Gasteiger partial charge in [-0.2, -0.15) is 0 Å². The van der Waals surface area contributed by atoms with Gasteiger partial charge >= 0.3 is 15.2 Å². The fourth-order valence-electron chi connectivity index (χ4n) is 0.792. The zero-order valence-corrected chi connectivity index (χ0v) is 10.5. The maximum atomic E-state index is 10.7. The van der Waals surface area contributed by atoms with Crippen molar-refractivity contribution in [1.29, 1.82) is 0 Å². The fourth-order valence-corrected chi connectivity index (χ4v) is 3.84. The van der Waals surface area contributed by atoms with Gasteiger partial charge in [-0.05, 0) is 17.3 Å². The molecule has 0 aromatic carbocycles. The Labute approximate surface area is 89.2 Å². The number of rotatable bonds is 5. The molecule has 0 unspecified atom stereocenters. The Balaban J connectivity index is 4.59. The molecular formula is C4H11IO6P2. The van der Waals surface area contributed by atoms with Gasteiger partial charge in [0, 0.05) is 0 Å². The molecule has 9 heteroatoms. The molecule has 0 fully saturated rings. The molecule has 0 amide bonds. The molecule has 0 heterocycles. The van der Waals surface area contributed by atoms with Gasteiger partial charge in [-0.1, -0.05) is 22.6 Å². The van der Waals surface area contributed by atoms with Crippen LogP contribution in [-0.2, 0) is 9.13 Å². The van der Waals surface area contributed by atoms with Gasteiger partial charge in [0.25, 0.3) is 0 Å². The summed E-state index contributed by atoms with van der Waals surface area (Å²) in [7, 11) is -9.39. The third kappa shape index (κ3) is 5.47. The van der Waals surface area contributed by atoms with E-state index in [1.165, 1.54) is 0 Å². The van der Waals surface area contributed by atoms with Crippen LogP contribution in [0.25, 0.3) is 0 Å². The highest BCUT2D eigenvalue weighted by Gasteiger charge is 2.42. The molecule has 0 aromatic heterocycles. The molecule has 0 aliphatic rings. The summed E-state index contributed by atoms with van der Waals surface area (Å²) in [6.07, 6.45) is 0.221. The van der Waals surface area contributed by atoms with Crippen LogP contribution in [0.4, 0.5) is 0 Å². The first kappa shape index (κ1) is 14.0. The van der Waals surface area contributed by atoms with Gasteiger partial charge in [0.15, 0.2) is 5.40 Å². The van der Waals surface area contributed by atoms with Crippen molar-refractivity contribution < 1.29 is 28.7 Å². The van der Waals surface area contributed by atoms with Crippen LogP contribution in [0.5, 0.6) is 0 Å². The first-order valence-corrected chi connectivity index (χ1v) is 8.25. The number of halogens is 1. The van der Waals surface area contributed by atoms with Crippen molar-refractivity contribution in [1.82, 2.24) is 0 Å². The highest BCUT2D eigenvalue weighted by Crippen LogP contribution is 2.61. The second-order valence-corrected chi connectivity index (χ2v) is 7.58. The summed E-state index contributed by atoms with van der Waals surface area (Å²) in [5, 5.41) is -1.84. The smallest absolute Gasteiger partial charge is 0.324 e. The average Bonchev–Trinajstić information content (AvgIpc) is 1.81. The van der Waals surface area contributed by atoms with E-state index < -0.39 is 20.6 Å². The lowest BCUT2D eigenvalue weighted by atomic mass is 10.4. The van der Waals surface area contributed by atoms with Crippen LogP contribution in [0, 0.1) is 0 Å². The van der Waals surface area contributed by atoms with Crippen LogP contribution in [0.15, 0.2) is 0 Å². The maximum Gasteiger partial charge on any atom is 0.340 e. The average molecular weight is 344 g/mol. The Kier molecular flexibility index (Phi) is 5.62. The third-order valence-electron chi connectivity index (χ3n) is 1.37. The summed E-state index contributed by atoms with van der Waals surface area (Å²) >= 11 is 1.97. The van der Waals surface area contributed by atoms with Crippen LogP contribution >= 0.6 is 37.8 Å². The third-order valence-corrected chi connectivity index (χ3v) is 6.01. The van der Waals surface area contributed by atoms with Crippen LogP contribution in [0.3, 0.4) is 0 Å². The van der Waals surface area contributed by atoms with Crippen molar-refractivity contribution in [3.8, 4) is 0 Å². The van der Waals surface area contributed by atoms with Gasteiger partial charge in [0.05, 0.1) is 0 Å². The molecule has 0 aliphatic carbocycles. The lowest BCUT2D eigenvalue weighted by molar-refractivity contribution is 0.335. The second kappa shape index (κ2) is 5.21. The van der Waals surface area contributed by atoms with E-state index in [9.17, 15) is 9.13 Å². The zero-order valence-electron chi connectivity index (χ0n) is 6.58. The largest absolute Gasteiger partial charge is 0.340 e. The minimum Gasteiger partial charge on any atom is -0.324 e. The SMILES string of the molecule is O=P(O)(O)C(CCCI)P(=O)(O)O. The Morgan fingerprint density at radius 2 is 1.46 bits per heavy atom. The predicted molar refractivity (Wildman–Crippen MR) is 56.0 cm³/mol. The Morgan fingerprint density at radius 3 is 1.69 bits per heavy atom. The van der Waals surface area contributed by atoms with Crippen molar-refractivity contribution >= 4 is 37.8 Å². The van der Waals surface area contributed by atoms with E-state index in [1.54, 1.807) is 0 Å². The van der Waals surface area contributed by atoms with Gasteiger partial charge in [-0.3, -0.25) is 9.13 Å². The Bertz CT molecular complexity index is 221. The van der Waals surface area contributed by atoms with Crippen LogP contribution in [0.2, 0.25) is 0 Å². The number of hydrogen-bond donors (Lipinski definition) is 4. The summed E-state index contributed by atoms with van der Waals surface area (Å²) < 4.78 is 22.0. The molecule has 0 spiro atoms. The first-order valence-electron chi connectivity index (χ1n) is 3.36. The van der Waals surface area contributed by atoms with Crippen LogP contribution in [-0.4, -0.2) is 29.4 Å². The first-order chi connectivity index (χ1) is 5.69. The van der Waals surface area contributed by atoms with E-state index >= 15 is 0 Å². The minimum absolute atomic E-state index is 0.155. The standard InChI is InChI=1S/C4H11IO6P2/c5-3-1-2-4(12(6,7)8)13(9,10)11/h4H,1-3H2,(H2,6,7,8)(H2,9,10,11). The Hall–Kier alpha value is 1.03. The van der Waals surface area contributed by atoms with Crippen molar-refractivity contribution in [2.75, 3.05) is 4.43 Å². The molecule has 0 bridgehead atoms. The van der Waals surface area contributed by atoms with E-state index in [2.05, 4.69) is 0 Å². The summed E-state index contributed by atoms with van der Waals surface area (Å²) in [4.78, 5) is 34.6. The van der Waals surface area contributed by atoms with Crippen LogP contribution < -0.4 is 0 Å². The highest BCUT2D eigenvalue weighted by atomic mass is 127. The number of alkyl halides is 1. The molecule has 0 aliphatic heterocycles. The van der Waals surface area contributed by atoms with Gasteiger partial charge in [0.1, 0.15) is 0 Å². The van der Waals surface area contributed by atoms with E-state index in [0.29, 0.717) is 10.8 Å². The van der Waals surface area contributed by atoms with E-state index in [0.717, 1.165) is 0 Å². The molecule has 6 nitrogen and oxygen atoms in total. The molecule has 13 heavy (non-hydrogen) atoms. The molecule has 0 rings (SSSR count). The molecule has 0 atom stereocenters. The van der Waals surface area contributed by atoms with Crippen molar-refractivity contribution in [3.63, 3.8) is 0 Å². The van der Waals surface area contributed by atoms with E-state index in [-0.39, 0.29) is 6.42 Å². The molecule has 0 aromatic rings. The van der Waals surface area contributed by atoms with Gasteiger partial charge < -0.3 is 19.6 Å². The molecule has 4 N–H and O–H groups in total. The summed E-state index contributed by atoms with van der Waals surface area (Å²) in [6, 6.07) is 0. The summed E-state index contributed by atoms with van der Waals surface area (Å²) in [5.74, 6) is 0. The van der Waals surface area contributed by atoms with Gasteiger partial charge in [-0.25, -0.2) is 0 Å². The molecule has 0 saturated carbocycles. The van der Waals surface area contributed by atoms with Crippen LogP contribution in [0.1, 0.15) is 12.8 Å². The van der Waals surface area contributed by atoms with E-state index in [4.69, 9.17) is 19.6 Å². The molecule has 80 valence electrons. The topological polar surface area (TPSA) is 115 Å². The quantitative estimate of drug-likeness (QED) is 0.334. The summed E-state index contributed by atoms with van der Waals surface area (Å²) in [6.45, 7) is 0. The maximum absolute atomic E-state index is 10.7. The predicted octanol–water partition coefficient (Wildman–Crippen LogP) is 0.883. The number of hydrogen-bond acceptors (Lipinski definition) is 2. The monoisotopic (exact) mass is 344 g/mol. The molecule has 0 radical (unpaired) electrons. The lowest BCUT2D eigenvalue weighted by Gasteiger charge is -2.18. The van der Waals surface area contributed by atoms with Gasteiger partial charge in [-0.15, -0.1) is 0 Å². The Morgan fingerprint density at radius 1 is 1.08 bits per heavy atom. The van der Waals surface area contributed by atoms with E-state index in [1.807, 2.05) is 22.6 Å². The highest BCUT2D eigenvalue weighted by molar-refractivity contribution is 14.1. The zero-order chi connectivity index (χ0) is 10.7. The minimum atomic E-state index is -4.69. The summed E-state index contributed by atoms with van der Waals surface area (Å²) in [5.41, 5.74) is 0. The molecule has 0 saturated heterocycles. The lowest BCUT2D eigenvalue weighted by Crippen LogP contribution is -2.09. The molecular weight excluding hydrogens is 333 g/mol. The fraction of sp³-hybridized carbons (Fsp3) is 1.00. The van der Waals surface area contributed by atoms with Gasteiger partial charge in [0.2, 0.25) is 0 Å². The van der Waals surface area contributed by atoms with Crippen molar-refractivity contribution in [3.05, 3.63) is 0 Å².